The minimum Gasteiger partial charge on any atom is -0.496 e. The lowest BCUT2D eigenvalue weighted by Gasteiger charge is -2.18. The van der Waals surface area contributed by atoms with Gasteiger partial charge in [-0.05, 0) is 37.4 Å². The lowest BCUT2D eigenvalue weighted by atomic mass is 10.2. The molecule has 0 atom stereocenters. The first-order valence-electron chi connectivity index (χ1n) is 7.80. The number of nitrogens with zero attached hydrogens (tertiary/aromatic N) is 1. The zero-order chi connectivity index (χ0) is 19.3. The van der Waals surface area contributed by atoms with Crippen molar-refractivity contribution < 1.29 is 17.9 Å². The van der Waals surface area contributed by atoms with Gasteiger partial charge in [-0.15, -0.1) is 0 Å². The SMILES string of the molecule is COc1ccc(Cl)cc1CN(C)CC(=O)Nc1ccccc1S(C)(=O)=O. The number of para-hydroxylation sites is 1. The van der Waals surface area contributed by atoms with E-state index in [1.54, 1.807) is 55.5 Å². The van der Waals surface area contributed by atoms with E-state index >= 15 is 0 Å². The third-order valence-electron chi connectivity index (χ3n) is 3.66. The second-order valence-corrected chi connectivity index (χ2v) is 8.37. The van der Waals surface area contributed by atoms with Crippen molar-refractivity contribution in [1.82, 2.24) is 4.90 Å². The van der Waals surface area contributed by atoms with E-state index in [0.717, 1.165) is 11.8 Å². The minimum absolute atomic E-state index is 0.0771. The summed E-state index contributed by atoms with van der Waals surface area (Å²) in [7, 11) is -0.0783. The van der Waals surface area contributed by atoms with Crippen LogP contribution in [0.25, 0.3) is 0 Å². The number of benzene rings is 2. The predicted molar refractivity (Wildman–Crippen MR) is 103 cm³/mol. The van der Waals surface area contributed by atoms with Gasteiger partial charge >= 0.3 is 0 Å². The number of sulfone groups is 1. The zero-order valence-corrected chi connectivity index (χ0v) is 16.4. The van der Waals surface area contributed by atoms with Gasteiger partial charge < -0.3 is 10.1 Å². The molecule has 0 heterocycles. The molecular weight excluding hydrogens is 376 g/mol. The summed E-state index contributed by atoms with van der Waals surface area (Å²) in [6.45, 7) is 0.526. The van der Waals surface area contributed by atoms with Crippen LogP contribution in [0.4, 0.5) is 5.69 Å². The Balaban J connectivity index is 2.06. The highest BCUT2D eigenvalue weighted by molar-refractivity contribution is 7.90. The molecule has 1 amide bonds. The van der Waals surface area contributed by atoms with Crippen LogP contribution >= 0.6 is 11.6 Å². The van der Waals surface area contributed by atoms with Crippen LogP contribution in [0.15, 0.2) is 47.4 Å². The molecule has 0 aliphatic carbocycles. The number of halogens is 1. The Morgan fingerprint density at radius 3 is 2.58 bits per heavy atom. The van der Waals surface area contributed by atoms with Gasteiger partial charge in [0.2, 0.25) is 5.91 Å². The third kappa shape index (κ3) is 5.45. The van der Waals surface area contributed by atoms with Crippen LogP contribution in [0.3, 0.4) is 0 Å². The number of anilines is 1. The topological polar surface area (TPSA) is 75.7 Å². The quantitative estimate of drug-likeness (QED) is 0.778. The number of likely N-dealkylation sites (N-methyl/N-ethyl adjacent to an activating group) is 1. The largest absolute Gasteiger partial charge is 0.496 e. The van der Waals surface area contributed by atoms with Crippen LogP contribution in [-0.4, -0.2) is 46.2 Å². The molecule has 0 spiro atoms. The molecule has 0 unspecified atom stereocenters. The summed E-state index contributed by atoms with van der Waals surface area (Å²) < 4.78 is 28.9. The lowest BCUT2D eigenvalue weighted by Crippen LogP contribution is -2.30. The van der Waals surface area contributed by atoms with Gasteiger partial charge in [-0.1, -0.05) is 23.7 Å². The van der Waals surface area contributed by atoms with Gasteiger partial charge in [0.15, 0.2) is 9.84 Å². The molecule has 0 saturated carbocycles. The van der Waals surface area contributed by atoms with E-state index in [0.29, 0.717) is 17.3 Å². The van der Waals surface area contributed by atoms with Gasteiger partial charge in [-0.3, -0.25) is 9.69 Å². The van der Waals surface area contributed by atoms with Crippen molar-refractivity contribution in [2.75, 3.05) is 32.3 Å². The van der Waals surface area contributed by atoms with Gasteiger partial charge in [0, 0.05) is 23.4 Å². The van der Waals surface area contributed by atoms with Gasteiger partial charge in [-0.2, -0.15) is 0 Å². The average molecular weight is 397 g/mol. The lowest BCUT2D eigenvalue weighted by molar-refractivity contribution is -0.117. The van der Waals surface area contributed by atoms with Crippen molar-refractivity contribution in [1.29, 1.82) is 0 Å². The van der Waals surface area contributed by atoms with E-state index < -0.39 is 9.84 Å². The van der Waals surface area contributed by atoms with E-state index in [1.807, 2.05) is 0 Å². The number of hydrogen-bond acceptors (Lipinski definition) is 5. The number of hydrogen-bond donors (Lipinski definition) is 1. The molecule has 8 heteroatoms. The number of carbonyl (C=O) groups is 1. The first-order valence-corrected chi connectivity index (χ1v) is 10.1. The summed E-state index contributed by atoms with van der Waals surface area (Å²) in [5.41, 5.74) is 1.13. The maximum atomic E-state index is 12.3. The van der Waals surface area contributed by atoms with Gasteiger partial charge in [0.25, 0.3) is 0 Å². The maximum absolute atomic E-state index is 12.3. The molecule has 0 aromatic heterocycles. The normalized spacial score (nSPS) is 11.4. The van der Waals surface area contributed by atoms with Crippen LogP contribution in [0.2, 0.25) is 5.02 Å². The summed E-state index contributed by atoms with van der Waals surface area (Å²) in [5, 5.41) is 3.24. The zero-order valence-electron chi connectivity index (χ0n) is 14.8. The Morgan fingerprint density at radius 2 is 1.92 bits per heavy atom. The van der Waals surface area contributed by atoms with E-state index in [-0.39, 0.29) is 23.0 Å². The number of amides is 1. The highest BCUT2D eigenvalue weighted by Crippen LogP contribution is 2.24. The summed E-state index contributed by atoms with van der Waals surface area (Å²) in [6.07, 6.45) is 1.11. The summed E-state index contributed by atoms with van der Waals surface area (Å²) >= 11 is 6.02. The number of rotatable bonds is 7. The standard InChI is InChI=1S/C18H21ClN2O4S/c1-21(11-13-10-14(19)8-9-16(13)25-2)12-18(22)20-15-6-4-5-7-17(15)26(3,23)24/h4-10H,11-12H2,1-3H3,(H,20,22). The van der Waals surface area contributed by atoms with Crippen molar-refractivity contribution in [2.45, 2.75) is 11.4 Å². The summed E-state index contributed by atoms with van der Waals surface area (Å²) in [6, 6.07) is 11.6. The van der Waals surface area contributed by atoms with Crippen LogP contribution in [-0.2, 0) is 21.2 Å². The van der Waals surface area contributed by atoms with Crippen molar-refractivity contribution in [3.8, 4) is 5.75 Å². The fraction of sp³-hybridized carbons (Fsp3) is 0.278. The van der Waals surface area contributed by atoms with E-state index in [4.69, 9.17) is 16.3 Å². The van der Waals surface area contributed by atoms with Gasteiger partial charge in [0.05, 0.1) is 24.2 Å². The first kappa shape index (κ1) is 20.2. The predicted octanol–water partition coefficient (Wildman–Crippen LogP) is 2.82. The van der Waals surface area contributed by atoms with Crippen molar-refractivity contribution in [3.05, 3.63) is 53.1 Å². The third-order valence-corrected chi connectivity index (χ3v) is 5.05. The monoisotopic (exact) mass is 396 g/mol. The van der Waals surface area contributed by atoms with E-state index in [2.05, 4.69) is 5.32 Å². The number of nitrogens with one attached hydrogen (secondary N) is 1. The Kier molecular flexibility index (Phi) is 6.63. The summed E-state index contributed by atoms with van der Waals surface area (Å²) in [5.74, 6) is 0.369. The van der Waals surface area contributed by atoms with Crippen LogP contribution in [0.5, 0.6) is 5.75 Å². The van der Waals surface area contributed by atoms with Gasteiger partial charge in [0.1, 0.15) is 5.75 Å². The number of methoxy groups -OCH3 is 1. The smallest absolute Gasteiger partial charge is 0.238 e. The van der Waals surface area contributed by atoms with E-state index in [9.17, 15) is 13.2 Å². The molecule has 0 fully saturated rings. The minimum atomic E-state index is -3.43. The molecular formula is C18H21ClN2O4S. The first-order chi connectivity index (χ1) is 12.2. The molecule has 0 saturated heterocycles. The van der Waals surface area contributed by atoms with Crippen molar-refractivity contribution >= 4 is 33.0 Å². The van der Waals surface area contributed by atoms with Crippen LogP contribution in [0, 0.1) is 0 Å². The molecule has 2 aromatic carbocycles. The molecule has 0 aliphatic rings. The average Bonchev–Trinajstić information content (AvgIpc) is 2.54. The van der Waals surface area contributed by atoms with Crippen LogP contribution in [0.1, 0.15) is 5.56 Å². The second kappa shape index (κ2) is 8.53. The molecule has 2 aromatic rings. The summed E-state index contributed by atoms with van der Waals surface area (Å²) in [4.78, 5) is 14.2. The molecule has 140 valence electrons. The maximum Gasteiger partial charge on any atom is 0.238 e. The number of carbonyl (C=O) groups excluding carboxylic acids is 1. The molecule has 26 heavy (non-hydrogen) atoms. The van der Waals surface area contributed by atoms with Crippen molar-refractivity contribution in [3.63, 3.8) is 0 Å². The second-order valence-electron chi connectivity index (χ2n) is 5.94. The molecule has 0 bridgehead atoms. The van der Waals surface area contributed by atoms with Crippen LogP contribution < -0.4 is 10.1 Å². The highest BCUT2D eigenvalue weighted by atomic mass is 35.5. The highest BCUT2D eigenvalue weighted by Gasteiger charge is 2.16. The molecule has 0 radical (unpaired) electrons. The number of ether oxygens (including phenoxy) is 1. The molecule has 6 nitrogen and oxygen atoms in total. The fourth-order valence-electron chi connectivity index (χ4n) is 2.55. The Morgan fingerprint density at radius 1 is 1.23 bits per heavy atom. The molecule has 2 rings (SSSR count). The molecule has 0 aliphatic heterocycles. The Hall–Kier alpha value is -2.09. The fourth-order valence-corrected chi connectivity index (χ4v) is 3.58. The Bertz CT molecular complexity index is 900. The molecule has 1 N–H and O–H groups in total. The van der Waals surface area contributed by atoms with Crippen molar-refractivity contribution in [2.24, 2.45) is 0 Å². The van der Waals surface area contributed by atoms with Gasteiger partial charge in [-0.25, -0.2) is 8.42 Å². The Labute approximate surface area is 158 Å². The van der Waals surface area contributed by atoms with E-state index in [1.165, 1.54) is 6.07 Å².